The van der Waals surface area contributed by atoms with Gasteiger partial charge in [0, 0.05) is 17.5 Å². The number of aryl methyl sites for hydroxylation is 1. The normalized spacial score (nSPS) is 19.2. The number of aromatic amines is 2. The number of rotatable bonds is 3. The highest BCUT2D eigenvalue weighted by Gasteiger charge is 2.19. The molecule has 4 aromatic rings. The predicted molar refractivity (Wildman–Crippen MR) is 120 cm³/mol. The van der Waals surface area contributed by atoms with Crippen LogP contribution in [0.3, 0.4) is 0 Å². The Balaban J connectivity index is 1.50. The first-order valence-corrected chi connectivity index (χ1v) is 10.3. The quantitative estimate of drug-likeness (QED) is 0.399. The van der Waals surface area contributed by atoms with Crippen molar-refractivity contribution in [2.75, 3.05) is 0 Å². The maximum Gasteiger partial charge on any atom is 0.159 e. The van der Waals surface area contributed by atoms with Gasteiger partial charge in [-0.1, -0.05) is 18.2 Å². The molecule has 4 N–H and O–H groups in total. The van der Waals surface area contributed by atoms with Crippen molar-refractivity contribution in [2.24, 2.45) is 0 Å². The SMILES string of the molecule is Cc1cc(O)ccc1-c1ccc2c(-c3ncc(C4=C[C@@H](C)N[C@@H](C)C4)[nH]3)n[nH]c2c1. The van der Waals surface area contributed by atoms with E-state index in [0.29, 0.717) is 12.1 Å². The summed E-state index contributed by atoms with van der Waals surface area (Å²) in [5.74, 6) is 1.05. The van der Waals surface area contributed by atoms with E-state index in [0.717, 1.165) is 51.2 Å². The molecule has 152 valence electrons. The smallest absolute Gasteiger partial charge is 0.159 e. The van der Waals surface area contributed by atoms with Crippen molar-refractivity contribution >= 4 is 16.5 Å². The summed E-state index contributed by atoms with van der Waals surface area (Å²) in [7, 11) is 0. The molecule has 1 aliphatic heterocycles. The van der Waals surface area contributed by atoms with Gasteiger partial charge in [-0.3, -0.25) is 5.10 Å². The van der Waals surface area contributed by atoms with E-state index in [-0.39, 0.29) is 5.75 Å². The van der Waals surface area contributed by atoms with Crippen LogP contribution in [0.5, 0.6) is 5.75 Å². The van der Waals surface area contributed by atoms with Crippen molar-refractivity contribution in [3.8, 4) is 28.4 Å². The van der Waals surface area contributed by atoms with Gasteiger partial charge in [-0.15, -0.1) is 0 Å². The minimum Gasteiger partial charge on any atom is -0.508 e. The van der Waals surface area contributed by atoms with E-state index in [1.807, 2.05) is 19.2 Å². The number of nitrogens with one attached hydrogen (secondary N) is 3. The number of phenols is 1. The van der Waals surface area contributed by atoms with Gasteiger partial charge in [-0.25, -0.2) is 4.98 Å². The van der Waals surface area contributed by atoms with Crippen LogP contribution in [0.2, 0.25) is 0 Å². The van der Waals surface area contributed by atoms with Crippen LogP contribution in [0.25, 0.3) is 39.1 Å². The number of hydrogen-bond acceptors (Lipinski definition) is 4. The molecule has 5 rings (SSSR count). The number of phenolic OH excluding ortho intramolecular Hbond substituents is 1. The first-order valence-electron chi connectivity index (χ1n) is 10.3. The Morgan fingerprint density at radius 3 is 2.77 bits per heavy atom. The van der Waals surface area contributed by atoms with E-state index in [1.54, 1.807) is 12.1 Å². The van der Waals surface area contributed by atoms with E-state index < -0.39 is 0 Å². The number of fused-ring (bicyclic) bond motifs is 1. The van der Waals surface area contributed by atoms with Crippen molar-refractivity contribution in [3.63, 3.8) is 0 Å². The Bertz CT molecular complexity index is 1270. The molecule has 0 unspecified atom stereocenters. The minimum atomic E-state index is 0.280. The summed E-state index contributed by atoms with van der Waals surface area (Å²) in [5.41, 5.74) is 7.32. The summed E-state index contributed by atoms with van der Waals surface area (Å²) >= 11 is 0. The maximum absolute atomic E-state index is 9.68. The van der Waals surface area contributed by atoms with E-state index in [2.05, 4.69) is 63.6 Å². The largest absolute Gasteiger partial charge is 0.508 e. The molecular weight excluding hydrogens is 374 g/mol. The van der Waals surface area contributed by atoms with Crippen LogP contribution >= 0.6 is 0 Å². The molecule has 6 heteroatoms. The Morgan fingerprint density at radius 2 is 1.97 bits per heavy atom. The van der Waals surface area contributed by atoms with Crippen LogP contribution in [0.15, 0.2) is 48.7 Å². The molecule has 0 saturated heterocycles. The Labute approximate surface area is 175 Å². The molecule has 0 fully saturated rings. The van der Waals surface area contributed by atoms with Crippen LogP contribution in [-0.4, -0.2) is 37.4 Å². The minimum absolute atomic E-state index is 0.280. The van der Waals surface area contributed by atoms with E-state index in [9.17, 15) is 5.11 Å². The highest BCUT2D eigenvalue weighted by molar-refractivity contribution is 5.94. The van der Waals surface area contributed by atoms with E-state index >= 15 is 0 Å². The summed E-state index contributed by atoms with van der Waals surface area (Å²) in [6, 6.07) is 12.5. The van der Waals surface area contributed by atoms with Crippen molar-refractivity contribution in [1.29, 1.82) is 0 Å². The van der Waals surface area contributed by atoms with Crippen LogP contribution in [-0.2, 0) is 0 Å². The summed E-state index contributed by atoms with van der Waals surface area (Å²) in [5, 5.41) is 21.9. The van der Waals surface area contributed by atoms with Gasteiger partial charge in [-0.2, -0.15) is 5.10 Å². The molecular formula is C24H25N5O. The molecule has 6 nitrogen and oxygen atoms in total. The van der Waals surface area contributed by atoms with Gasteiger partial charge in [0.1, 0.15) is 11.4 Å². The highest BCUT2D eigenvalue weighted by Crippen LogP contribution is 2.32. The van der Waals surface area contributed by atoms with Crippen molar-refractivity contribution in [1.82, 2.24) is 25.5 Å². The van der Waals surface area contributed by atoms with Gasteiger partial charge in [0.25, 0.3) is 0 Å². The number of nitrogens with zero attached hydrogens (tertiary/aromatic N) is 2. The van der Waals surface area contributed by atoms with Gasteiger partial charge in [0.2, 0.25) is 0 Å². The summed E-state index contributed by atoms with van der Waals surface area (Å²) in [6.07, 6.45) is 5.13. The molecule has 0 aliphatic carbocycles. The first-order chi connectivity index (χ1) is 14.5. The Hall–Kier alpha value is -3.38. The standard InChI is InChI=1S/C24H25N5O/c1-13-8-18(30)5-7-19(13)16-4-6-20-21(11-16)28-29-23(20)24-25-12-22(27-24)17-9-14(2)26-15(3)10-17/h4-9,11-12,14-15,26,30H,10H2,1-3H3,(H,25,27)(H,28,29)/t14-,15+/m1/s1. The third kappa shape index (κ3) is 3.29. The fourth-order valence-corrected chi connectivity index (χ4v) is 4.40. The molecule has 2 atom stereocenters. The second-order valence-corrected chi connectivity index (χ2v) is 8.23. The van der Waals surface area contributed by atoms with Crippen molar-refractivity contribution in [3.05, 3.63) is 59.9 Å². The number of aromatic hydroxyl groups is 1. The third-order valence-corrected chi connectivity index (χ3v) is 5.75. The molecule has 2 aromatic heterocycles. The number of imidazole rings is 1. The van der Waals surface area contributed by atoms with E-state index in [1.165, 1.54) is 5.57 Å². The molecule has 0 saturated carbocycles. The van der Waals surface area contributed by atoms with E-state index in [4.69, 9.17) is 0 Å². The third-order valence-electron chi connectivity index (χ3n) is 5.75. The van der Waals surface area contributed by atoms with Crippen molar-refractivity contribution in [2.45, 2.75) is 39.3 Å². The lowest BCUT2D eigenvalue weighted by Crippen LogP contribution is -2.36. The molecule has 1 aliphatic rings. The molecule has 0 radical (unpaired) electrons. The Morgan fingerprint density at radius 1 is 1.10 bits per heavy atom. The second kappa shape index (κ2) is 7.15. The first kappa shape index (κ1) is 18.6. The van der Waals surface area contributed by atoms with Crippen LogP contribution in [0, 0.1) is 6.92 Å². The molecule has 0 spiro atoms. The molecule has 3 heterocycles. The number of H-pyrrole nitrogens is 2. The zero-order chi connectivity index (χ0) is 20.8. The van der Waals surface area contributed by atoms with Gasteiger partial charge in [0.05, 0.1) is 17.4 Å². The predicted octanol–water partition coefficient (Wildman–Crippen LogP) is 4.79. The second-order valence-electron chi connectivity index (χ2n) is 8.23. The molecule has 30 heavy (non-hydrogen) atoms. The number of aromatic nitrogens is 4. The van der Waals surface area contributed by atoms with Crippen LogP contribution < -0.4 is 5.32 Å². The maximum atomic E-state index is 9.68. The van der Waals surface area contributed by atoms with Gasteiger partial charge in [-0.05, 0) is 73.7 Å². The topological polar surface area (TPSA) is 89.6 Å². The van der Waals surface area contributed by atoms with Crippen molar-refractivity contribution < 1.29 is 5.11 Å². The monoisotopic (exact) mass is 399 g/mol. The zero-order valence-electron chi connectivity index (χ0n) is 17.3. The lowest BCUT2D eigenvalue weighted by molar-refractivity contribution is 0.475. The summed E-state index contributed by atoms with van der Waals surface area (Å²) in [4.78, 5) is 8.07. The number of benzene rings is 2. The lowest BCUT2D eigenvalue weighted by Gasteiger charge is -2.25. The Kier molecular flexibility index (Phi) is 4.44. The molecule has 0 amide bonds. The fourth-order valence-electron chi connectivity index (χ4n) is 4.40. The van der Waals surface area contributed by atoms with Gasteiger partial charge >= 0.3 is 0 Å². The van der Waals surface area contributed by atoms with Gasteiger partial charge < -0.3 is 15.4 Å². The fraction of sp³-hybridized carbons (Fsp3) is 0.250. The lowest BCUT2D eigenvalue weighted by atomic mass is 9.97. The average molecular weight is 399 g/mol. The van der Waals surface area contributed by atoms with Crippen LogP contribution in [0.4, 0.5) is 0 Å². The average Bonchev–Trinajstić information content (AvgIpc) is 3.33. The zero-order valence-corrected chi connectivity index (χ0v) is 17.3. The molecule has 0 bridgehead atoms. The summed E-state index contributed by atoms with van der Waals surface area (Å²) < 4.78 is 0. The number of hydrogen-bond donors (Lipinski definition) is 4. The van der Waals surface area contributed by atoms with Crippen LogP contribution in [0.1, 0.15) is 31.5 Å². The molecule has 2 aromatic carbocycles. The highest BCUT2D eigenvalue weighted by atomic mass is 16.3. The summed E-state index contributed by atoms with van der Waals surface area (Å²) in [6.45, 7) is 6.37. The van der Waals surface area contributed by atoms with Gasteiger partial charge in [0.15, 0.2) is 5.82 Å².